The quantitative estimate of drug-likeness (QED) is 0.588. The van der Waals surface area contributed by atoms with Gasteiger partial charge in [0.05, 0.1) is 13.2 Å². The number of allylic oxidation sites excluding steroid dienone is 1. The van der Waals surface area contributed by atoms with Crippen molar-refractivity contribution in [2.75, 3.05) is 25.0 Å². The first-order valence-corrected chi connectivity index (χ1v) is 10.2. The van der Waals surface area contributed by atoms with Crippen LogP contribution in [0, 0.1) is 0 Å². The maximum atomic E-state index is 12.0. The minimum Gasteiger partial charge on any atom is -0.493 e. The summed E-state index contributed by atoms with van der Waals surface area (Å²) in [5, 5.41) is 6.15. The van der Waals surface area contributed by atoms with Crippen molar-refractivity contribution in [3.8, 4) is 5.75 Å². The molecule has 0 aromatic heterocycles. The van der Waals surface area contributed by atoms with Crippen LogP contribution in [0.4, 0.5) is 5.69 Å². The smallest absolute Gasteiger partial charge is 0.239 e. The molecule has 0 saturated heterocycles. The second-order valence-corrected chi connectivity index (χ2v) is 7.17. The Morgan fingerprint density at radius 2 is 1.79 bits per heavy atom. The molecule has 2 aromatic carbocycles. The van der Waals surface area contributed by atoms with Crippen LogP contribution in [0.25, 0.3) is 0 Å². The summed E-state index contributed by atoms with van der Waals surface area (Å²) in [7, 11) is 0. The first-order chi connectivity index (χ1) is 13.8. The SMILES string of the molecule is O=C(CNc1ccc(OCCc2ccccc2)cc1)NCCC1=CCCCC1. The van der Waals surface area contributed by atoms with Crippen LogP contribution in [0.15, 0.2) is 66.2 Å². The first-order valence-electron chi connectivity index (χ1n) is 10.2. The van der Waals surface area contributed by atoms with E-state index in [1.54, 1.807) is 0 Å². The average molecular weight is 379 g/mol. The predicted molar refractivity (Wildman–Crippen MR) is 115 cm³/mol. The maximum absolute atomic E-state index is 12.0. The number of carbonyl (C=O) groups is 1. The molecule has 0 aliphatic heterocycles. The van der Waals surface area contributed by atoms with Gasteiger partial charge in [0.1, 0.15) is 5.75 Å². The van der Waals surface area contributed by atoms with Crippen molar-refractivity contribution in [2.45, 2.75) is 38.5 Å². The van der Waals surface area contributed by atoms with Crippen molar-refractivity contribution in [3.63, 3.8) is 0 Å². The van der Waals surface area contributed by atoms with E-state index in [4.69, 9.17) is 4.74 Å². The molecule has 28 heavy (non-hydrogen) atoms. The number of nitrogens with one attached hydrogen (secondary N) is 2. The second-order valence-electron chi connectivity index (χ2n) is 7.17. The number of carbonyl (C=O) groups excluding carboxylic acids is 1. The summed E-state index contributed by atoms with van der Waals surface area (Å²) in [5.41, 5.74) is 3.68. The monoisotopic (exact) mass is 378 g/mol. The van der Waals surface area contributed by atoms with Gasteiger partial charge in [-0.05, 0) is 61.9 Å². The van der Waals surface area contributed by atoms with Gasteiger partial charge in [0.15, 0.2) is 0 Å². The summed E-state index contributed by atoms with van der Waals surface area (Å²) >= 11 is 0. The van der Waals surface area contributed by atoms with Crippen LogP contribution in [-0.2, 0) is 11.2 Å². The van der Waals surface area contributed by atoms with Crippen molar-refractivity contribution in [1.82, 2.24) is 5.32 Å². The Bertz CT molecular complexity index is 754. The minimum absolute atomic E-state index is 0.0274. The Hall–Kier alpha value is -2.75. The molecular formula is C24H30N2O2. The third-order valence-corrected chi connectivity index (χ3v) is 4.96. The Labute approximate surface area is 168 Å². The average Bonchev–Trinajstić information content (AvgIpc) is 2.75. The van der Waals surface area contributed by atoms with Gasteiger partial charge in [-0.15, -0.1) is 0 Å². The van der Waals surface area contributed by atoms with E-state index in [0.29, 0.717) is 6.61 Å². The van der Waals surface area contributed by atoms with Gasteiger partial charge in [-0.3, -0.25) is 4.79 Å². The summed E-state index contributed by atoms with van der Waals surface area (Å²) in [6, 6.07) is 18.1. The topological polar surface area (TPSA) is 50.4 Å². The third kappa shape index (κ3) is 7.10. The van der Waals surface area contributed by atoms with Gasteiger partial charge in [0.25, 0.3) is 0 Å². The van der Waals surface area contributed by atoms with Crippen molar-refractivity contribution in [1.29, 1.82) is 0 Å². The summed E-state index contributed by atoms with van der Waals surface area (Å²) in [5.74, 6) is 0.867. The van der Waals surface area contributed by atoms with Gasteiger partial charge in [-0.1, -0.05) is 42.0 Å². The van der Waals surface area contributed by atoms with E-state index < -0.39 is 0 Å². The zero-order chi connectivity index (χ0) is 19.4. The van der Waals surface area contributed by atoms with Crippen LogP contribution in [0.5, 0.6) is 5.75 Å². The standard InChI is InChI=1S/C24H30N2O2/c27-24(25-17-15-20-7-3-1-4-8-20)19-26-22-11-13-23(14-12-22)28-18-16-21-9-5-2-6-10-21/h2,5-7,9-14,26H,1,3-4,8,15-19H2,(H,25,27). The predicted octanol–water partition coefficient (Wildman–Crippen LogP) is 4.73. The fourth-order valence-electron chi connectivity index (χ4n) is 3.34. The maximum Gasteiger partial charge on any atom is 0.239 e. The lowest BCUT2D eigenvalue weighted by molar-refractivity contribution is -0.119. The van der Waals surface area contributed by atoms with Gasteiger partial charge in [0.2, 0.25) is 5.91 Å². The van der Waals surface area contributed by atoms with Crippen molar-refractivity contribution in [2.24, 2.45) is 0 Å². The highest BCUT2D eigenvalue weighted by molar-refractivity contribution is 5.80. The van der Waals surface area contributed by atoms with Gasteiger partial charge >= 0.3 is 0 Å². The lowest BCUT2D eigenvalue weighted by Gasteiger charge is -2.13. The molecule has 1 amide bonds. The third-order valence-electron chi connectivity index (χ3n) is 4.96. The number of hydrogen-bond acceptors (Lipinski definition) is 3. The molecule has 0 spiro atoms. The van der Waals surface area contributed by atoms with E-state index in [2.05, 4.69) is 28.8 Å². The Kier molecular flexibility index (Phi) is 7.98. The van der Waals surface area contributed by atoms with Crippen molar-refractivity contribution in [3.05, 3.63) is 71.8 Å². The fraction of sp³-hybridized carbons (Fsp3) is 0.375. The van der Waals surface area contributed by atoms with Crippen LogP contribution in [0.2, 0.25) is 0 Å². The van der Waals surface area contributed by atoms with E-state index in [1.165, 1.54) is 36.8 Å². The van der Waals surface area contributed by atoms with Crippen LogP contribution >= 0.6 is 0 Å². The Morgan fingerprint density at radius 3 is 2.54 bits per heavy atom. The molecule has 0 radical (unpaired) electrons. The number of rotatable bonds is 10. The number of hydrogen-bond donors (Lipinski definition) is 2. The molecule has 2 aromatic rings. The molecule has 0 heterocycles. The lowest BCUT2D eigenvalue weighted by Crippen LogP contribution is -2.30. The summed E-state index contributed by atoms with van der Waals surface area (Å²) in [6.45, 7) is 1.66. The van der Waals surface area contributed by atoms with Gasteiger partial charge in [0, 0.05) is 18.7 Å². The van der Waals surface area contributed by atoms with Gasteiger partial charge in [-0.25, -0.2) is 0 Å². The van der Waals surface area contributed by atoms with Crippen LogP contribution in [0.1, 0.15) is 37.7 Å². The van der Waals surface area contributed by atoms with E-state index in [1.807, 2.05) is 42.5 Å². The first kappa shape index (κ1) is 20.0. The molecule has 4 heteroatoms. The van der Waals surface area contributed by atoms with Crippen LogP contribution < -0.4 is 15.4 Å². The molecule has 0 unspecified atom stereocenters. The van der Waals surface area contributed by atoms with E-state index in [0.717, 1.165) is 30.8 Å². The highest BCUT2D eigenvalue weighted by Gasteiger charge is 2.05. The molecule has 0 bridgehead atoms. The summed E-state index contributed by atoms with van der Waals surface area (Å²) in [4.78, 5) is 12.0. The Balaban J connectivity index is 1.31. The normalized spacial score (nSPS) is 13.5. The number of anilines is 1. The van der Waals surface area contributed by atoms with Crippen molar-refractivity contribution >= 4 is 11.6 Å². The number of ether oxygens (including phenoxy) is 1. The minimum atomic E-state index is 0.0274. The molecule has 0 fully saturated rings. The van der Waals surface area contributed by atoms with E-state index >= 15 is 0 Å². The number of benzene rings is 2. The zero-order valence-corrected chi connectivity index (χ0v) is 16.5. The lowest BCUT2D eigenvalue weighted by atomic mass is 9.97. The highest BCUT2D eigenvalue weighted by Crippen LogP contribution is 2.19. The molecule has 0 atom stereocenters. The van der Waals surface area contributed by atoms with Crippen molar-refractivity contribution < 1.29 is 9.53 Å². The largest absolute Gasteiger partial charge is 0.493 e. The van der Waals surface area contributed by atoms with Gasteiger partial charge < -0.3 is 15.4 Å². The van der Waals surface area contributed by atoms with E-state index in [9.17, 15) is 4.79 Å². The molecule has 4 nitrogen and oxygen atoms in total. The summed E-state index contributed by atoms with van der Waals surface area (Å²) in [6.07, 6.45) is 9.16. The van der Waals surface area contributed by atoms with E-state index in [-0.39, 0.29) is 12.5 Å². The van der Waals surface area contributed by atoms with Crippen LogP contribution in [0.3, 0.4) is 0 Å². The zero-order valence-electron chi connectivity index (χ0n) is 16.5. The second kappa shape index (κ2) is 11.2. The molecule has 1 aliphatic rings. The fourth-order valence-corrected chi connectivity index (χ4v) is 3.34. The molecule has 0 saturated carbocycles. The number of amides is 1. The molecule has 1 aliphatic carbocycles. The Morgan fingerprint density at radius 1 is 0.964 bits per heavy atom. The molecule has 3 rings (SSSR count). The molecule has 148 valence electrons. The highest BCUT2D eigenvalue weighted by atomic mass is 16.5. The molecule has 2 N–H and O–H groups in total. The van der Waals surface area contributed by atoms with Crippen LogP contribution in [-0.4, -0.2) is 25.6 Å². The van der Waals surface area contributed by atoms with Gasteiger partial charge in [-0.2, -0.15) is 0 Å². The molecular weight excluding hydrogens is 348 g/mol. The summed E-state index contributed by atoms with van der Waals surface area (Å²) < 4.78 is 5.79.